The van der Waals surface area contributed by atoms with Crippen LogP contribution in [0.2, 0.25) is 5.15 Å². The Morgan fingerprint density at radius 2 is 1.89 bits per heavy atom. The number of halogens is 1. The van der Waals surface area contributed by atoms with Gasteiger partial charge in [0.05, 0.1) is 12.1 Å². The molecule has 0 spiro atoms. The second-order valence-corrected chi connectivity index (χ2v) is 7.82. The second kappa shape index (κ2) is 13.8. The Morgan fingerprint density at radius 1 is 1.11 bits per heavy atom. The summed E-state index contributed by atoms with van der Waals surface area (Å²) in [6, 6.07) is 9.96. The molecule has 0 aliphatic carbocycles. The number of carbonyl (C=O) groups is 4. The van der Waals surface area contributed by atoms with Crippen molar-refractivity contribution >= 4 is 52.2 Å². The molecule has 186 valence electrons. The number of nitrogens with one attached hydrogen (secondary N) is 2. The fourth-order valence-corrected chi connectivity index (χ4v) is 3.32. The number of amides is 2. The molecule has 0 unspecified atom stereocenters. The molecule has 2 heterocycles. The van der Waals surface area contributed by atoms with Crippen LogP contribution < -0.4 is 22.1 Å². The third-order valence-electron chi connectivity index (χ3n) is 4.85. The molecule has 6 N–H and O–H groups in total. The lowest BCUT2D eigenvalue weighted by molar-refractivity contribution is -0.119. The van der Waals surface area contributed by atoms with Gasteiger partial charge in [0.25, 0.3) is 5.91 Å². The summed E-state index contributed by atoms with van der Waals surface area (Å²) >= 11 is 5.57. The maximum atomic E-state index is 12.2. The van der Waals surface area contributed by atoms with Gasteiger partial charge in [0, 0.05) is 24.4 Å². The molecular formula is C23H28ClN7O4. The molecule has 0 aliphatic heterocycles. The van der Waals surface area contributed by atoms with Gasteiger partial charge >= 0.3 is 0 Å². The monoisotopic (exact) mass is 501 g/mol. The van der Waals surface area contributed by atoms with Crippen molar-refractivity contribution in [2.24, 2.45) is 11.5 Å². The van der Waals surface area contributed by atoms with Crippen LogP contribution in [-0.4, -0.2) is 58.8 Å². The van der Waals surface area contributed by atoms with Gasteiger partial charge in [0.2, 0.25) is 5.91 Å². The van der Waals surface area contributed by atoms with Crippen molar-refractivity contribution in [3.8, 4) is 0 Å². The number of aldehydes is 1. The Balaban J connectivity index is 0.000000402. The highest BCUT2D eigenvalue weighted by Gasteiger charge is 2.17. The fourth-order valence-electron chi connectivity index (χ4n) is 3.16. The summed E-state index contributed by atoms with van der Waals surface area (Å²) in [7, 11) is 1.80. The number of nitrogens with zero attached hydrogens (tertiary/aromatic N) is 3. The summed E-state index contributed by atoms with van der Waals surface area (Å²) in [5.41, 5.74) is 11.4. The molecule has 0 saturated carbocycles. The van der Waals surface area contributed by atoms with Crippen LogP contribution in [0, 0.1) is 0 Å². The van der Waals surface area contributed by atoms with Gasteiger partial charge in [-0.05, 0) is 49.7 Å². The number of hydrogen-bond donors (Lipinski definition) is 4. The minimum Gasteiger partial charge on any atom is -0.373 e. The van der Waals surface area contributed by atoms with Gasteiger partial charge in [-0.1, -0.05) is 17.7 Å². The minimum absolute atomic E-state index is 0.0340. The average molecular weight is 502 g/mol. The number of ketones is 1. The van der Waals surface area contributed by atoms with E-state index < -0.39 is 11.8 Å². The normalized spacial score (nSPS) is 10.3. The van der Waals surface area contributed by atoms with E-state index in [-0.39, 0.29) is 23.6 Å². The van der Waals surface area contributed by atoms with Crippen molar-refractivity contribution in [3.05, 3.63) is 52.8 Å². The third kappa shape index (κ3) is 8.47. The van der Waals surface area contributed by atoms with Crippen molar-refractivity contribution in [2.45, 2.75) is 25.8 Å². The number of anilines is 1. The fraction of sp³-hybridized carbons (Fsp3) is 0.304. The van der Waals surface area contributed by atoms with E-state index >= 15 is 0 Å². The van der Waals surface area contributed by atoms with Gasteiger partial charge < -0.3 is 26.9 Å². The van der Waals surface area contributed by atoms with Crippen LogP contribution in [0.4, 0.5) is 5.82 Å². The molecule has 0 radical (unpaired) electrons. The lowest BCUT2D eigenvalue weighted by atomic mass is 10.1. The number of unbranched alkanes of at least 4 members (excludes halogenated alkanes) is 1. The van der Waals surface area contributed by atoms with E-state index in [4.69, 9.17) is 23.1 Å². The molecule has 0 atom stereocenters. The number of rotatable bonds is 12. The maximum Gasteiger partial charge on any atom is 0.269 e. The van der Waals surface area contributed by atoms with Gasteiger partial charge in [-0.15, -0.1) is 0 Å². The lowest BCUT2D eigenvalue weighted by Gasteiger charge is -2.04. The number of Topliss-reactive ketones (excluding diaryl/α,β-unsaturated/α-hetero) is 1. The molecule has 2 aromatic heterocycles. The summed E-state index contributed by atoms with van der Waals surface area (Å²) in [6.45, 7) is 0.920. The Bertz CT molecular complexity index is 1200. The summed E-state index contributed by atoms with van der Waals surface area (Å²) in [5.74, 6) is -0.600. The molecule has 1 aromatic carbocycles. The highest BCUT2D eigenvalue weighted by Crippen LogP contribution is 2.20. The smallest absolute Gasteiger partial charge is 0.269 e. The van der Waals surface area contributed by atoms with Crippen LogP contribution in [0.3, 0.4) is 0 Å². The first-order valence-corrected chi connectivity index (χ1v) is 11.2. The quantitative estimate of drug-likeness (QED) is 0.164. The SMILES string of the molecule is CNc1cccc(Cl)n1.NC(=O)c1ccc2c(C(N)=O)nn(CC(=O)CCCCNCC=O)c2c1. The van der Waals surface area contributed by atoms with E-state index in [1.165, 1.54) is 16.8 Å². The van der Waals surface area contributed by atoms with Gasteiger partial charge in [0.1, 0.15) is 23.8 Å². The first-order valence-electron chi connectivity index (χ1n) is 10.8. The van der Waals surface area contributed by atoms with E-state index in [0.29, 0.717) is 42.0 Å². The molecule has 0 bridgehead atoms. The lowest BCUT2D eigenvalue weighted by Crippen LogP contribution is -2.18. The Kier molecular flexibility index (Phi) is 10.8. The number of nitrogens with two attached hydrogens (primary N) is 2. The van der Waals surface area contributed by atoms with Crippen LogP contribution in [0.25, 0.3) is 10.9 Å². The minimum atomic E-state index is -0.714. The zero-order chi connectivity index (χ0) is 25.8. The third-order valence-corrected chi connectivity index (χ3v) is 5.06. The van der Waals surface area contributed by atoms with Crippen LogP contribution in [0.5, 0.6) is 0 Å². The van der Waals surface area contributed by atoms with E-state index in [9.17, 15) is 19.2 Å². The van der Waals surface area contributed by atoms with Gasteiger partial charge in [-0.2, -0.15) is 5.10 Å². The molecular weight excluding hydrogens is 474 g/mol. The molecule has 0 aliphatic rings. The van der Waals surface area contributed by atoms with E-state index in [2.05, 4.69) is 20.7 Å². The van der Waals surface area contributed by atoms with E-state index in [1.54, 1.807) is 19.2 Å². The van der Waals surface area contributed by atoms with E-state index in [1.807, 2.05) is 12.1 Å². The Morgan fingerprint density at radius 3 is 2.49 bits per heavy atom. The molecule has 35 heavy (non-hydrogen) atoms. The predicted molar refractivity (Wildman–Crippen MR) is 133 cm³/mol. The topological polar surface area (TPSA) is 175 Å². The number of pyridine rings is 1. The molecule has 2 amide bonds. The molecule has 0 fully saturated rings. The Labute approximate surface area is 207 Å². The summed E-state index contributed by atoms with van der Waals surface area (Å²) in [5, 5.41) is 10.9. The molecule has 0 saturated heterocycles. The number of carbonyl (C=O) groups excluding carboxylic acids is 4. The Hall–Kier alpha value is -3.83. The van der Waals surface area contributed by atoms with Crippen LogP contribution in [0.1, 0.15) is 40.1 Å². The largest absolute Gasteiger partial charge is 0.373 e. The number of benzene rings is 1. The zero-order valence-corrected chi connectivity index (χ0v) is 20.0. The number of fused-ring (bicyclic) bond motifs is 1. The van der Waals surface area contributed by atoms with Crippen LogP contribution in [-0.2, 0) is 16.1 Å². The second-order valence-electron chi connectivity index (χ2n) is 7.43. The number of aromatic nitrogens is 3. The average Bonchev–Trinajstić information content (AvgIpc) is 3.19. The molecule has 3 aromatic rings. The number of primary amides is 2. The van der Waals surface area contributed by atoms with Crippen LogP contribution >= 0.6 is 11.6 Å². The summed E-state index contributed by atoms with van der Waals surface area (Å²) in [4.78, 5) is 49.3. The maximum absolute atomic E-state index is 12.2. The summed E-state index contributed by atoms with van der Waals surface area (Å²) in [6.07, 6.45) is 2.55. The van der Waals surface area contributed by atoms with Crippen molar-refractivity contribution in [1.29, 1.82) is 0 Å². The number of hydrogen-bond acceptors (Lipinski definition) is 8. The first-order chi connectivity index (χ1) is 16.8. The standard InChI is InChI=1S/C17H21N5O4.C6H7ClN2/c18-16(25)11-4-5-13-14(9-11)22(21-15(13)17(19)26)10-12(24)3-1-2-6-20-7-8-23;1-8-6-4-2-3-5(7)9-6/h4-5,8-9,20H,1-3,6-7,10H2,(H2,18,25)(H2,19,26);2-4H,1H3,(H,8,9). The molecule has 3 rings (SSSR count). The first kappa shape index (κ1) is 27.4. The zero-order valence-electron chi connectivity index (χ0n) is 19.3. The highest BCUT2D eigenvalue weighted by molar-refractivity contribution is 6.29. The van der Waals surface area contributed by atoms with Crippen molar-refractivity contribution in [3.63, 3.8) is 0 Å². The van der Waals surface area contributed by atoms with Gasteiger partial charge in [-0.3, -0.25) is 19.1 Å². The van der Waals surface area contributed by atoms with Crippen molar-refractivity contribution in [1.82, 2.24) is 20.1 Å². The van der Waals surface area contributed by atoms with Gasteiger partial charge in [0.15, 0.2) is 11.5 Å². The van der Waals surface area contributed by atoms with Crippen molar-refractivity contribution < 1.29 is 19.2 Å². The van der Waals surface area contributed by atoms with Gasteiger partial charge in [-0.25, -0.2) is 4.98 Å². The van der Waals surface area contributed by atoms with Crippen LogP contribution in [0.15, 0.2) is 36.4 Å². The molecule has 11 nitrogen and oxygen atoms in total. The van der Waals surface area contributed by atoms with E-state index in [0.717, 1.165) is 18.5 Å². The summed E-state index contributed by atoms with van der Waals surface area (Å²) < 4.78 is 1.37. The highest BCUT2D eigenvalue weighted by atomic mass is 35.5. The predicted octanol–water partition coefficient (Wildman–Crippen LogP) is 1.54. The molecule has 12 heteroatoms. The van der Waals surface area contributed by atoms with Crippen molar-refractivity contribution in [2.75, 3.05) is 25.5 Å².